The number of amidine groups is 2. The SMILES string of the molecule is C1COCCOCCOCCOCCOCCO1.C1COCCOCCOCCOCCOCCO1.N#CC1=NC(C(F)(F)F)=NC1=C=[N-].N#CC1=NC(C(F)(F)F)=NC1=C=[N-].[Na+].[Na+]. The molecule has 0 radical (unpaired) electrons. The van der Waals surface area contributed by atoms with E-state index in [0.29, 0.717) is 159 Å². The minimum absolute atomic E-state index is 0. The van der Waals surface area contributed by atoms with Crippen molar-refractivity contribution in [2.45, 2.75) is 12.4 Å². The Balaban J connectivity index is 0. The molecule has 4 aliphatic rings. The van der Waals surface area contributed by atoms with Crippen molar-refractivity contribution >= 4 is 34.8 Å². The van der Waals surface area contributed by atoms with E-state index in [-0.39, 0.29) is 59.1 Å². The van der Waals surface area contributed by atoms with Crippen LogP contribution in [-0.2, 0) is 56.8 Å². The minimum Gasteiger partial charge on any atom is -0.761 e. The van der Waals surface area contributed by atoms with Crippen LogP contribution in [0.3, 0.4) is 0 Å². The normalized spacial score (nSPS) is 20.0. The van der Waals surface area contributed by atoms with Crippen LogP contribution in [0.1, 0.15) is 0 Å². The third kappa shape index (κ3) is 34.0. The number of rotatable bonds is 0. The molecule has 0 N–H and O–H groups in total. The molecular formula is C36H48F6N8Na2O12. The van der Waals surface area contributed by atoms with Gasteiger partial charge >= 0.3 is 71.5 Å². The second-order valence-electron chi connectivity index (χ2n) is 11.3. The van der Waals surface area contributed by atoms with E-state index < -0.39 is 46.8 Å². The predicted molar refractivity (Wildman–Crippen MR) is 207 cm³/mol. The Morgan fingerprint density at radius 2 is 0.500 bits per heavy atom. The van der Waals surface area contributed by atoms with Gasteiger partial charge in [0.05, 0.1) is 159 Å². The zero-order valence-electron chi connectivity index (χ0n) is 35.7. The second kappa shape index (κ2) is 42.0. The summed E-state index contributed by atoms with van der Waals surface area (Å²) in [6.45, 7) is 14.1. The zero-order valence-corrected chi connectivity index (χ0v) is 39.7. The summed E-state index contributed by atoms with van der Waals surface area (Å²) in [5.74, 6) is -0.230. The van der Waals surface area contributed by atoms with Crippen LogP contribution < -0.4 is 59.1 Å². The first-order valence-corrected chi connectivity index (χ1v) is 18.7. The van der Waals surface area contributed by atoms with Gasteiger partial charge in [-0.2, -0.15) is 36.9 Å². The Bertz CT molecular complexity index is 1320. The molecule has 348 valence electrons. The smallest absolute Gasteiger partial charge is 0.761 e. The standard InChI is InChI=1S/2C12H24O6.2C6F3N4.2Na/c2*1-2-14-5-6-16-9-10-18-12-11-17-8-7-15-4-3-13-1;2*7-6(8,9)5-12-3(1-10)4(2-11)13-5;;/h2*1-12H2;;;;/q;;2*-1;2*+1. The van der Waals surface area contributed by atoms with Crippen molar-refractivity contribution in [3.63, 3.8) is 0 Å². The van der Waals surface area contributed by atoms with Gasteiger partial charge < -0.3 is 67.7 Å². The molecule has 0 unspecified atom stereocenters. The van der Waals surface area contributed by atoms with Crippen molar-refractivity contribution in [2.24, 2.45) is 20.0 Å². The number of alkyl halides is 6. The number of allylic oxidation sites excluding steroid dienone is 2. The zero-order chi connectivity index (χ0) is 45.6. The third-order valence-corrected chi connectivity index (χ3v) is 6.71. The summed E-state index contributed by atoms with van der Waals surface area (Å²) in [6, 6.07) is 2.69. The van der Waals surface area contributed by atoms with Gasteiger partial charge in [0.25, 0.3) is 0 Å². The van der Waals surface area contributed by atoms with E-state index in [1.54, 1.807) is 0 Å². The van der Waals surface area contributed by atoms with Crippen molar-refractivity contribution in [3.05, 3.63) is 22.2 Å². The van der Waals surface area contributed by atoms with E-state index in [1.165, 1.54) is 23.9 Å². The topological polar surface area (TPSA) is 252 Å². The first-order valence-electron chi connectivity index (χ1n) is 18.7. The average molecular weight is 945 g/mol. The Labute approximate surface area is 410 Å². The molecule has 4 aliphatic heterocycles. The maximum Gasteiger partial charge on any atom is 1.00 e. The van der Waals surface area contributed by atoms with Gasteiger partial charge in [0.2, 0.25) is 11.7 Å². The summed E-state index contributed by atoms with van der Waals surface area (Å²) in [5, 5.41) is 33.0. The number of ether oxygens (including phenoxy) is 12. The molecule has 2 fully saturated rings. The fourth-order valence-electron chi connectivity index (χ4n) is 3.89. The van der Waals surface area contributed by atoms with Gasteiger partial charge in [-0.3, -0.25) is 0 Å². The van der Waals surface area contributed by atoms with Gasteiger partial charge in [0.15, 0.2) is 11.4 Å². The summed E-state index contributed by atoms with van der Waals surface area (Å²) in [4.78, 5) is 11.4. The Hall–Kier alpha value is -2.34. The van der Waals surface area contributed by atoms with Crippen LogP contribution in [0.5, 0.6) is 0 Å². The Morgan fingerprint density at radius 1 is 0.344 bits per heavy atom. The third-order valence-electron chi connectivity index (χ3n) is 6.71. The van der Waals surface area contributed by atoms with Gasteiger partial charge in [-0.1, -0.05) is 0 Å². The minimum atomic E-state index is -4.72. The average Bonchev–Trinajstić information content (AvgIpc) is 3.90. The van der Waals surface area contributed by atoms with Crippen molar-refractivity contribution in [1.29, 1.82) is 10.5 Å². The second-order valence-corrected chi connectivity index (χ2v) is 11.3. The first kappa shape index (κ1) is 63.7. The largest absolute Gasteiger partial charge is 1.00 e. The quantitative estimate of drug-likeness (QED) is 0.129. The van der Waals surface area contributed by atoms with E-state index in [0.717, 1.165) is 0 Å². The van der Waals surface area contributed by atoms with Gasteiger partial charge in [-0.25, -0.2) is 31.7 Å². The van der Waals surface area contributed by atoms with Crippen molar-refractivity contribution in [2.75, 3.05) is 159 Å². The first-order chi connectivity index (χ1) is 30.0. The molecule has 4 rings (SSSR count). The van der Waals surface area contributed by atoms with Crippen LogP contribution in [0.15, 0.2) is 31.4 Å². The number of aliphatic imine (C=N–C) groups is 4. The van der Waals surface area contributed by atoms with Crippen LogP contribution >= 0.6 is 0 Å². The number of hydrogen-bond acceptors (Lipinski definition) is 18. The molecule has 0 amide bonds. The van der Waals surface area contributed by atoms with Gasteiger partial charge in [-0.15, -0.1) is 0 Å². The molecule has 20 nitrogen and oxygen atoms in total. The Morgan fingerprint density at radius 3 is 0.594 bits per heavy atom. The van der Waals surface area contributed by atoms with E-state index in [2.05, 4.69) is 20.0 Å². The van der Waals surface area contributed by atoms with E-state index in [9.17, 15) is 26.3 Å². The summed E-state index contributed by atoms with van der Waals surface area (Å²) < 4.78 is 135. The van der Waals surface area contributed by atoms with Crippen LogP contribution in [-0.4, -0.2) is 206 Å². The van der Waals surface area contributed by atoms with Crippen LogP contribution in [0.25, 0.3) is 10.8 Å². The summed E-state index contributed by atoms with van der Waals surface area (Å²) >= 11 is 0. The molecule has 64 heavy (non-hydrogen) atoms. The molecule has 2 saturated heterocycles. The maximum absolute atomic E-state index is 11.9. The molecule has 0 atom stereocenters. The van der Waals surface area contributed by atoms with Crippen LogP contribution in [0.2, 0.25) is 0 Å². The maximum atomic E-state index is 11.9. The van der Waals surface area contributed by atoms with Crippen LogP contribution in [0.4, 0.5) is 26.3 Å². The van der Waals surface area contributed by atoms with E-state index in [4.69, 9.17) is 78.2 Å². The van der Waals surface area contributed by atoms with E-state index >= 15 is 0 Å². The van der Waals surface area contributed by atoms with Gasteiger partial charge in [0.1, 0.15) is 23.5 Å². The molecule has 0 spiro atoms. The molecule has 0 aromatic heterocycles. The number of nitriles is 2. The van der Waals surface area contributed by atoms with Gasteiger partial charge in [0, 0.05) is 0 Å². The number of nitrogens with zero attached hydrogens (tertiary/aromatic N) is 8. The molecule has 0 aliphatic carbocycles. The van der Waals surface area contributed by atoms with E-state index in [1.807, 2.05) is 0 Å². The Kier molecular flexibility index (Phi) is 41.9. The molecule has 0 aromatic rings. The molecule has 4 heterocycles. The molecule has 0 saturated carbocycles. The molecule has 0 bridgehead atoms. The van der Waals surface area contributed by atoms with Crippen molar-refractivity contribution < 1.29 is 142 Å². The fraction of sp³-hybridized carbons (Fsp3) is 0.722. The van der Waals surface area contributed by atoms with Crippen molar-refractivity contribution in [1.82, 2.24) is 0 Å². The summed E-state index contributed by atoms with van der Waals surface area (Å²) in [7, 11) is 0. The summed E-state index contributed by atoms with van der Waals surface area (Å²) in [6.07, 6.45) is -9.44. The predicted octanol–water partition coefficient (Wildman–Crippen LogP) is -3.70. The monoisotopic (exact) mass is 944 g/mol. The van der Waals surface area contributed by atoms with Gasteiger partial charge in [-0.05, 0) is 0 Å². The summed E-state index contributed by atoms with van der Waals surface area (Å²) in [5.41, 5.74) is -2.41. The fourth-order valence-corrected chi connectivity index (χ4v) is 3.89. The molecule has 28 heteroatoms. The van der Waals surface area contributed by atoms with Crippen LogP contribution in [0, 0.1) is 22.7 Å². The molecular weight excluding hydrogens is 896 g/mol. The number of halogens is 6. The molecule has 0 aromatic carbocycles. The number of hydrogen-bond donors (Lipinski definition) is 0. The van der Waals surface area contributed by atoms with Crippen molar-refractivity contribution in [3.8, 4) is 12.1 Å².